The highest BCUT2D eigenvalue weighted by atomic mass is 32.2. The van der Waals surface area contributed by atoms with E-state index < -0.39 is 15.1 Å². The first-order chi connectivity index (χ1) is 8.01. The Bertz CT molecular complexity index is 590. The van der Waals surface area contributed by atoms with Crippen molar-refractivity contribution in [1.82, 2.24) is 20.6 Å². The number of rotatable bonds is 3. The molecular weight excluding hydrogens is 240 g/mol. The van der Waals surface area contributed by atoms with E-state index in [1.165, 1.54) is 0 Å². The number of benzene rings is 1. The number of aromatic nitrogens is 4. The van der Waals surface area contributed by atoms with Gasteiger partial charge in [0.15, 0.2) is 15.7 Å². The Morgan fingerprint density at radius 1 is 1.24 bits per heavy atom. The summed E-state index contributed by atoms with van der Waals surface area (Å²) in [6, 6.07) is 6.69. The summed E-state index contributed by atoms with van der Waals surface area (Å²) in [6.07, 6.45) is 0. The Morgan fingerprint density at radius 2 is 1.88 bits per heavy atom. The molecule has 17 heavy (non-hydrogen) atoms. The molecule has 1 aromatic heterocycles. The average Bonchev–Trinajstić information content (AvgIpc) is 2.82. The molecule has 1 unspecified atom stereocenters. The summed E-state index contributed by atoms with van der Waals surface area (Å²) in [5.74, 6) is 0.172. The fourth-order valence-corrected chi connectivity index (χ4v) is 2.71. The van der Waals surface area contributed by atoms with E-state index in [1.54, 1.807) is 31.2 Å². The number of nitrogens with one attached hydrogen (secondary N) is 1. The number of tetrazole rings is 1. The van der Waals surface area contributed by atoms with Crippen molar-refractivity contribution in [2.75, 3.05) is 0 Å². The molecule has 0 saturated heterocycles. The lowest BCUT2D eigenvalue weighted by Gasteiger charge is -2.09. The molecule has 1 N–H and O–H groups in total. The van der Waals surface area contributed by atoms with E-state index in [4.69, 9.17) is 0 Å². The van der Waals surface area contributed by atoms with Crippen molar-refractivity contribution in [1.29, 1.82) is 0 Å². The molecule has 0 aliphatic rings. The smallest absolute Gasteiger partial charge is 0.192 e. The lowest BCUT2D eigenvalue weighted by Crippen LogP contribution is -2.12. The van der Waals surface area contributed by atoms with Gasteiger partial charge in [-0.05, 0) is 26.0 Å². The molecule has 0 radical (unpaired) electrons. The zero-order chi connectivity index (χ0) is 12.5. The standard InChI is InChI=1S/C10H12N4O2S/c1-7-3-5-9(6-4-7)17(15,16)8(2)10-11-13-14-12-10/h3-6,8H,1-2H3,(H,11,12,13,14). The average molecular weight is 252 g/mol. The van der Waals surface area contributed by atoms with E-state index in [9.17, 15) is 8.42 Å². The molecule has 0 fully saturated rings. The van der Waals surface area contributed by atoms with Gasteiger partial charge in [0.1, 0.15) is 5.25 Å². The van der Waals surface area contributed by atoms with Crippen LogP contribution < -0.4 is 0 Å². The maximum absolute atomic E-state index is 12.2. The van der Waals surface area contributed by atoms with Crippen LogP contribution in [-0.2, 0) is 9.84 Å². The zero-order valence-corrected chi connectivity index (χ0v) is 10.3. The molecule has 0 aliphatic carbocycles. The molecule has 2 aromatic rings. The fraction of sp³-hybridized carbons (Fsp3) is 0.300. The van der Waals surface area contributed by atoms with Gasteiger partial charge in [0.25, 0.3) is 0 Å². The van der Waals surface area contributed by atoms with Crippen LogP contribution in [0.1, 0.15) is 23.6 Å². The van der Waals surface area contributed by atoms with Gasteiger partial charge in [-0.2, -0.15) is 5.21 Å². The van der Waals surface area contributed by atoms with Crippen molar-refractivity contribution in [2.24, 2.45) is 0 Å². The maximum atomic E-state index is 12.2. The second-order valence-corrected chi connectivity index (χ2v) is 6.04. The van der Waals surface area contributed by atoms with Crippen LogP contribution in [0.25, 0.3) is 0 Å². The van der Waals surface area contributed by atoms with E-state index in [0.29, 0.717) is 0 Å². The predicted molar refractivity (Wildman–Crippen MR) is 61.0 cm³/mol. The van der Waals surface area contributed by atoms with Gasteiger partial charge in [-0.15, -0.1) is 10.2 Å². The summed E-state index contributed by atoms with van der Waals surface area (Å²) >= 11 is 0. The largest absolute Gasteiger partial charge is 0.223 e. The highest BCUT2D eigenvalue weighted by Crippen LogP contribution is 2.25. The molecular formula is C10H12N4O2S. The van der Waals surface area contributed by atoms with Crippen molar-refractivity contribution in [3.8, 4) is 0 Å². The summed E-state index contributed by atoms with van der Waals surface area (Å²) in [4.78, 5) is 0.264. The fourth-order valence-electron chi connectivity index (χ4n) is 1.41. The van der Waals surface area contributed by atoms with E-state index in [2.05, 4.69) is 20.6 Å². The van der Waals surface area contributed by atoms with Crippen LogP contribution in [0.15, 0.2) is 29.2 Å². The number of hydrogen-bond acceptors (Lipinski definition) is 5. The maximum Gasteiger partial charge on any atom is 0.192 e. The third-order valence-electron chi connectivity index (χ3n) is 2.54. The van der Waals surface area contributed by atoms with Crippen molar-refractivity contribution in [3.63, 3.8) is 0 Å². The topological polar surface area (TPSA) is 88.6 Å². The summed E-state index contributed by atoms with van der Waals surface area (Å²) in [7, 11) is -3.46. The Labute approximate surface area is 99.0 Å². The number of aromatic amines is 1. The van der Waals surface area contributed by atoms with Crippen molar-refractivity contribution in [3.05, 3.63) is 35.7 Å². The molecule has 90 valence electrons. The van der Waals surface area contributed by atoms with Crippen LogP contribution in [0.4, 0.5) is 0 Å². The first-order valence-corrected chi connectivity index (χ1v) is 6.60. The number of sulfone groups is 1. The Hall–Kier alpha value is -1.76. The summed E-state index contributed by atoms with van der Waals surface area (Å²) in [5, 5.41) is 12.2. The quantitative estimate of drug-likeness (QED) is 0.881. The SMILES string of the molecule is Cc1ccc(S(=O)(=O)C(C)c2nn[nH]n2)cc1. The first kappa shape index (κ1) is 11.7. The van der Waals surface area contributed by atoms with E-state index >= 15 is 0 Å². The molecule has 0 saturated carbocycles. The minimum absolute atomic E-state index is 0.172. The van der Waals surface area contributed by atoms with Gasteiger partial charge in [0.05, 0.1) is 4.90 Å². The van der Waals surface area contributed by atoms with Crippen molar-refractivity contribution < 1.29 is 8.42 Å². The van der Waals surface area contributed by atoms with Crippen molar-refractivity contribution >= 4 is 9.84 Å². The summed E-state index contributed by atoms with van der Waals surface area (Å²) < 4.78 is 24.4. The second kappa shape index (κ2) is 4.25. The van der Waals surface area contributed by atoms with Crippen LogP contribution in [0.3, 0.4) is 0 Å². The normalized spacial score (nSPS) is 13.5. The van der Waals surface area contributed by atoms with Crippen molar-refractivity contribution in [2.45, 2.75) is 24.0 Å². The van der Waals surface area contributed by atoms with Gasteiger partial charge in [-0.25, -0.2) is 8.42 Å². The van der Waals surface area contributed by atoms with Gasteiger partial charge >= 0.3 is 0 Å². The Morgan fingerprint density at radius 3 is 2.41 bits per heavy atom. The lowest BCUT2D eigenvalue weighted by atomic mass is 10.2. The van der Waals surface area contributed by atoms with Gasteiger partial charge in [-0.3, -0.25) is 0 Å². The molecule has 1 heterocycles. The van der Waals surface area contributed by atoms with Crippen LogP contribution in [-0.4, -0.2) is 29.0 Å². The zero-order valence-electron chi connectivity index (χ0n) is 9.45. The van der Waals surface area contributed by atoms with Crippen LogP contribution in [0.2, 0.25) is 0 Å². The molecule has 1 aromatic carbocycles. The summed E-state index contributed by atoms with van der Waals surface area (Å²) in [6.45, 7) is 3.44. The third kappa shape index (κ3) is 2.19. The lowest BCUT2D eigenvalue weighted by molar-refractivity contribution is 0.583. The molecule has 0 amide bonds. The van der Waals surface area contributed by atoms with E-state index in [1.807, 2.05) is 6.92 Å². The minimum atomic E-state index is -3.46. The van der Waals surface area contributed by atoms with Gasteiger partial charge in [0.2, 0.25) is 0 Å². The second-order valence-electron chi connectivity index (χ2n) is 3.77. The van der Waals surface area contributed by atoms with E-state index in [-0.39, 0.29) is 10.7 Å². The van der Waals surface area contributed by atoms with Gasteiger partial charge in [0, 0.05) is 0 Å². The minimum Gasteiger partial charge on any atom is -0.223 e. The van der Waals surface area contributed by atoms with Gasteiger partial charge < -0.3 is 0 Å². The van der Waals surface area contributed by atoms with Crippen LogP contribution >= 0.6 is 0 Å². The monoisotopic (exact) mass is 252 g/mol. The number of H-pyrrole nitrogens is 1. The van der Waals surface area contributed by atoms with Gasteiger partial charge in [-0.1, -0.05) is 22.9 Å². The van der Waals surface area contributed by atoms with Crippen LogP contribution in [0, 0.1) is 6.92 Å². The first-order valence-electron chi connectivity index (χ1n) is 5.05. The molecule has 1 atom stereocenters. The molecule has 7 heteroatoms. The highest BCUT2D eigenvalue weighted by molar-refractivity contribution is 7.91. The number of hydrogen-bond donors (Lipinski definition) is 1. The van der Waals surface area contributed by atoms with Crippen LogP contribution in [0.5, 0.6) is 0 Å². The predicted octanol–water partition coefficient (Wildman–Crippen LogP) is 1.04. The highest BCUT2D eigenvalue weighted by Gasteiger charge is 2.27. The molecule has 0 aliphatic heterocycles. The summed E-state index contributed by atoms with van der Waals surface area (Å²) in [5.41, 5.74) is 1.01. The van der Waals surface area contributed by atoms with E-state index in [0.717, 1.165) is 5.56 Å². The third-order valence-corrected chi connectivity index (χ3v) is 4.61. The number of nitrogens with zero attached hydrogens (tertiary/aromatic N) is 3. The Balaban J connectivity index is 2.40. The molecule has 2 rings (SSSR count). The number of aryl methyl sites for hydroxylation is 1. The molecule has 0 bridgehead atoms. The molecule has 0 spiro atoms. The molecule has 6 nitrogen and oxygen atoms in total. The Kier molecular flexibility index (Phi) is 2.93.